The molecule has 8 heteroatoms. The lowest BCUT2D eigenvalue weighted by Crippen LogP contribution is -2.13. The molecule has 3 aromatic carbocycles. The summed E-state index contributed by atoms with van der Waals surface area (Å²) in [4.78, 5) is 32.8. The quantitative estimate of drug-likeness (QED) is 0.486. The van der Waals surface area contributed by atoms with Crippen molar-refractivity contribution in [2.75, 3.05) is 0 Å². The Bertz CT molecular complexity index is 1330. The largest absolute Gasteiger partial charge is 0.417 e. The number of benzene rings is 3. The molecule has 0 saturated carbocycles. The molecule has 0 fully saturated rings. The summed E-state index contributed by atoms with van der Waals surface area (Å²) in [6, 6.07) is 13.5. The van der Waals surface area contributed by atoms with E-state index in [1.165, 1.54) is 36.7 Å². The summed E-state index contributed by atoms with van der Waals surface area (Å²) < 4.78 is 40.6. The molecule has 2 N–H and O–H groups in total. The second kappa shape index (κ2) is 7.64. The predicted molar refractivity (Wildman–Crippen MR) is 108 cm³/mol. The minimum Gasteiger partial charge on any atom is -0.366 e. The highest BCUT2D eigenvalue weighted by Crippen LogP contribution is 2.38. The summed E-state index contributed by atoms with van der Waals surface area (Å²) in [5, 5.41) is 0. The van der Waals surface area contributed by atoms with Gasteiger partial charge in [-0.3, -0.25) is 19.6 Å². The Morgan fingerprint density at radius 1 is 0.774 bits per heavy atom. The summed E-state index contributed by atoms with van der Waals surface area (Å²) in [5.41, 5.74) is 5.81. The SMILES string of the molecule is NC(=O)c1ccc(C(F)(F)F)c(-c2cccc(C(=O)c3ccc4nccnc4c3)c2)c1. The van der Waals surface area contributed by atoms with Crippen LogP contribution in [0.3, 0.4) is 0 Å². The van der Waals surface area contributed by atoms with E-state index in [9.17, 15) is 22.8 Å². The first kappa shape index (κ1) is 20.2. The number of nitrogens with two attached hydrogens (primary N) is 1. The third-order valence-corrected chi connectivity index (χ3v) is 4.78. The van der Waals surface area contributed by atoms with Crippen LogP contribution in [0.1, 0.15) is 31.8 Å². The molecule has 0 aliphatic rings. The maximum Gasteiger partial charge on any atom is 0.417 e. The molecule has 0 aliphatic heterocycles. The number of carbonyl (C=O) groups is 2. The summed E-state index contributed by atoms with van der Waals surface area (Å²) in [7, 11) is 0. The number of hydrogen-bond donors (Lipinski definition) is 1. The first-order valence-corrected chi connectivity index (χ1v) is 9.11. The Kier molecular flexibility index (Phi) is 4.98. The standard InChI is InChI=1S/C23H14F3N3O2/c24-23(25,26)18-6-4-16(22(27)31)11-17(18)13-2-1-3-14(10-13)21(30)15-5-7-19-20(12-15)29-9-8-28-19/h1-12H,(H2,27,31). The highest BCUT2D eigenvalue weighted by atomic mass is 19.4. The normalized spacial score (nSPS) is 11.5. The van der Waals surface area contributed by atoms with Crippen LogP contribution in [0.4, 0.5) is 13.2 Å². The van der Waals surface area contributed by atoms with Crippen LogP contribution in [0, 0.1) is 0 Å². The van der Waals surface area contributed by atoms with Gasteiger partial charge in [0.25, 0.3) is 0 Å². The third kappa shape index (κ3) is 4.00. The van der Waals surface area contributed by atoms with Crippen LogP contribution in [-0.4, -0.2) is 21.7 Å². The van der Waals surface area contributed by atoms with Crippen molar-refractivity contribution in [2.45, 2.75) is 6.18 Å². The van der Waals surface area contributed by atoms with Crippen LogP contribution >= 0.6 is 0 Å². The minimum absolute atomic E-state index is 0.0622. The zero-order valence-corrected chi connectivity index (χ0v) is 15.9. The smallest absolute Gasteiger partial charge is 0.366 e. The van der Waals surface area contributed by atoms with E-state index in [-0.39, 0.29) is 28.0 Å². The molecule has 4 aromatic rings. The van der Waals surface area contributed by atoms with Gasteiger partial charge in [-0.15, -0.1) is 0 Å². The number of halogens is 3. The van der Waals surface area contributed by atoms with Crippen molar-refractivity contribution in [3.05, 3.63) is 95.3 Å². The van der Waals surface area contributed by atoms with Crippen molar-refractivity contribution < 1.29 is 22.8 Å². The Balaban J connectivity index is 1.80. The van der Waals surface area contributed by atoms with Crippen molar-refractivity contribution in [3.8, 4) is 11.1 Å². The Morgan fingerprint density at radius 3 is 2.16 bits per heavy atom. The molecule has 154 valence electrons. The van der Waals surface area contributed by atoms with Gasteiger partial charge in [0.15, 0.2) is 5.78 Å². The number of nitrogens with zero attached hydrogens (tertiary/aromatic N) is 2. The Hall–Kier alpha value is -4.07. The molecular weight excluding hydrogens is 407 g/mol. The van der Waals surface area contributed by atoms with Gasteiger partial charge in [-0.25, -0.2) is 0 Å². The van der Waals surface area contributed by atoms with Gasteiger partial charge in [0.05, 0.1) is 16.6 Å². The molecule has 1 amide bonds. The number of amides is 1. The molecule has 31 heavy (non-hydrogen) atoms. The predicted octanol–water partition coefficient (Wildman–Crippen LogP) is 4.65. The summed E-state index contributed by atoms with van der Waals surface area (Å²) in [6.07, 6.45) is -1.62. The van der Waals surface area contributed by atoms with Crippen LogP contribution in [0.15, 0.2) is 73.1 Å². The van der Waals surface area contributed by atoms with E-state index >= 15 is 0 Å². The first-order valence-electron chi connectivity index (χ1n) is 9.11. The fourth-order valence-corrected chi connectivity index (χ4v) is 3.28. The summed E-state index contributed by atoms with van der Waals surface area (Å²) in [6.45, 7) is 0. The molecule has 4 rings (SSSR count). The molecule has 1 heterocycles. The van der Waals surface area contributed by atoms with E-state index in [4.69, 9.17) is 5.73 Å². The van der Waals surface area contributed by atoms with Crippen LogP contribution in [0.25, 0.3) is 22.2 Å². The van der Waals surface area contributed by atoms with Crippen LogP contribution < -0.4 is 5.73 Å². The van der Waals surface area contributed by atoms with Crippen LogP contribution in [-0.2, 0) is 6.18 Å². The number of hydrogen-bond acceptors (Lipinski definition) is 4. The molecular formula is C23H14F3N3O2. The number of rotatable bonds is 4. The van der Waals surface area contributed by atoms with Gasteiger partial charge < -0.3 is 5.73 Å². The number of alkyl halides is 3. The second-order valence-corrected chi connectivity index (χ2v) is 6.79. The van der Waals surface area contributed by atoms with Gasteiger partial charge in [0.2, 0.25) is 5.91 Å². The molecule has 1 aromatic heterocycles. The highest BCUT2D eigenvalue weighted by molar-refractivity contribution is 6.10. The van der Waals surface area contributed by atoms with Gasteiger partial charge in [-0.1, -0.05) is 18.2 Å². The molecule has 0 saturated heterocycles. The van der Waals surface area contributed by atoms with Crippen LogP contribution in [0.5, 0.6) is 0 Å². The average Bonchev–Trinajstić information content (AvgIpc) is 2.77. The first-order chi connectivity index (χ1) is 14.7. The maximum absolute atomic E-state index is 13.5. The maximum atomic E-state index is 13.5. The lowest BCUT2D eigenvalue weighted by atomic mass is 9.93. The van der Waals surface area contributed by atoms with Gasteiger partial charge in [-0.2, -0.15) is 13.2 Å². The number of primary amides is 1. The van der Waals surface area contributed by atoms with Crippen LogP contribution in [0.2, 0.25) is 0 Å². The number of carbonyl (C=O) groups excluding carboxylic acids is 2. The Morgan fingerprint density at radius 2 is 1.45 bits per heavy atom. The van der Waals surface area contributed by atoms with Gasteiger partial charge in [0.1, 0.15) is 0 Å². The van der Waals surface area contributed by atoms with Gasteiger partial charge >= 0.3 is 6.18 Å². The highest BCUT2D eigenvalue weighted by Gasteiger charge is 2.34. The van der Waals surface area contributed by atoms with Crippen molar-refractivity contribution in [3.63, 3.8) is 0 Å². The van der Waals surface area contributed by atoms with Crippen molar-refractivity contribution in [2.24, 2.45) is 5.73 Å². The fraction of sp³-hybridized carbons (Fsp3) is 0.0435. The molecule has 0 aliphatic carbocycles. The van der Waals surface area contributed by atoms with Gasteiger partial charge in [-0.05, 0) is 53.6 Å². The third-order valence-electron chi connectivity index (χ3n) is 4.78. The summed E-state index contributed by atoms with van der Waals surface area (Å²) >= 11 is 0. The zero-order valence-electron chi connectivity index (χ0n) is 15.9. The number of aromatic nitrogens is 2. The van der Waals surface area contributed by atoms with Crippen molar-refractivity contribution >= 4 is 22.7 Å². The topological polar surface area (TPSA) is 85.9 Å². The van der Waals surface area contributed by atoms with E-state index in [1.54, 1.807) is 18.2 Å². The molecule has 5 nitrogen and oxygen atoms in total. The average molecular weight is 421 g/mol. The lowest BCUT2D eigenvalue weighted by molar-refractivity contribution is -0.137. The number of fused-ring (bicyclic) bond motifs is 1. The monoisotopic (exact) mass is 421 g/mol. The molecule has 0 bridgehead atoms. The molecule has 0 unspecified atom stereocenters. The number of ketones is 1. The summed E-state index contributed by atoms with van der Waals surface area (Å²) in [5.74, 6) is -1.23. The molecule has 0 spiro atoms. The second-order valence-electron chi connectivity index (χ2n) is 6.79. The van der Waals surface area contributed by atoms with E-state index in [0.29, 0.717) is 16.6 Å². The van der Waals surface area contributed by atoms with Gasteiger partial charge in [0, 0.05) is 29.1 Å². The van der Waals surface area contributed by atoms with E-state index in [2.05, 4.69) is 9.97 Å². The van der Waals surface area contributed by atoms with E-state index < -0.39 is 17.6 Å². The Labute approximate surface area is 174 Å². The molecule has 0 radical (unpaired) electrons. The minimum atomic E-state index is -4.65. The zero-order chi connectivity index (χ0) is 22.2. The van der Waals surface area contributed by atoms with Crippen molar-refractivity contribution in [1.82, 2.24) is 9.97 Å². The fourth-order valence-electron chi connectivity index (χ4n) is 3.28. The lowest BCUT2D eigenvalue weighted by Gasteiger charge is -2.15. The van der Waals surface area contributed by atoms with E-state index in [1.807, 2.05) is 0 Å². The van der Waals surface area contributed by atoms with Crippen molar-refractivity contribution in [1.29, 1.82) is 0 Å². The molecule has 0 atom stereocenters. The van der Waals surface area contributed by atoms with E-state index in [0.717, 1.165) is 18.2 Å².